The van der Waals surface area contributed by atoms with Crippen LogP contribution in [-0.2, 0) is 9.59 Å². The number of rotatable bonds is 4. The summed E-state index contributed by atoms with van der Waals surface area (Å²) in [5, 5.41) is 9.14. The van der Waals surface area contributed by atoms with Crippen LogP contribution in [0.4, 0.5) is 0 Å². The van der Waals surface area contributed by atoms with E-state index in [1.807, 2.05) is 19.1 Å². The van der Waals surface area contributed by atoms with Crippen molar-refractivity contribution in [3.63, 3.8) is 0 Å². The zero-order valence-electron chi connectivity index (χ0n) is 11.5. The number of nitrogens with zero attached hydrogens (tertiary/aromatic N) is 1. The average Bonchev–Trinajstić information content (AvgIpc) is 2.80. The molecule has 1 amide bonds. The highest BCUT2D eigenvalue weighted by Gasteiger charge is 2.34. The average molecular weight is 275 g/mol. The molecule has 0 aliphatic carbocycles. The van der Waals surface area contributed by atoms with Crippen LogP contribution in [0.25, 0.3) is 0 Å². The zero-order valence-corrected chi connectivity index (χ0v) is 11.5. The monoisotopic (exact) mass is 275 g/mol. The molecule has 0 spiro atoms. The number of ether oxygens (including phenoxy) is 1. The van der Waals surface area contributed by atoms with Gasteiger partial charge in [-0.15, -0.1) is 0 Å². The van der Waals surface area contributed by atoms with Gasteiger partial charge in [0.1, 0.15) is 5.75 Å². The fourth-order valence-electron chi connectivity index (χ4n) is 2.14. The summed E-state index contributed by atoms with van der Waals surface area (Å²) in [5.74, 6) is -0.745. The Morgan fingerprint density at radius 1 is 1.30 bits per heavy atom. The molecule has 1 aromatic carbocycles. The summed E-state index contributed by atoms with van der Waals surface area (Å²) in [6.07, 6.45) is 1.75. The van der Waals surface area contributed by atoms with E-state index in [4.69, 9.17) is 9.84 Å². The number of hydrogen-bond donors (Lipinski definition) is 1. The molecule has 0 saturated heterocycles. The van der Waals surface area contributed by atoms with Gasteiger partial charge in [-0.3, -0.25) is 4.79 Å². The predicted molar refractivity (Wildman–Crippen MR) is 73.6 cm³/mol. The molecule has 0 fully saturated rings. The van der Waals surface area contributed by atoms with Crippen molar-refractivity contribution in [2.45, 2.75) is 19.9 Å². The van der Waals surface area contributed by atoms with Crippen LogP contribution in [-0.4, -0.2) is 41.1 Å². The Kier molecular flexibility index (Phi) is 4.08. The maximum Gasteiger partial charge on any atom is 0.330 e. The number of carboxylic acid groups (broad SMARTS) is 1. The molecule has 1 atom stereocenters. The minimum atomic E-state index is -1.01. The summed E-state index contributed by atoms with van der Waals surface area (Å²) in [7, 11) is 0. The van der Waals surface area contributed by atoms with Gasteiger partial charge in [-0.2, -0.15) is 0 Å². The first kappa shape index (κ1) is 14.1. The van der Waals surface area contributed by atoms with Gasteiger partial charge in [-0.25, -0.2) is 4.79 Å². The Morgan fingerprint density at radius 3 is 2.55 bits per heavy atom. The van der Waals surface area contributed by atoms with Crippen LogP contribution < -0.4 is 4.74 Å². The first-order chi connectivity index (χ1) is 9.49. The third kappa shape index (κ3) is 2.99. The van der Waals surface area contributed by atoms with Crippen molar-refractivity contribution in [3.8, 4) is 5.75 Å². The molecule has 0 bridgehead atoms. The molecule has 1 N–H and O–H groups in total. The summed E-state index contributed by atoms with van der Waals surface area (Å²) in [6, 6.07) is 6.47. The van der Waals surface area contributed by atoms with Gasteiger partial charge >= 0.3 is 5.97 Å². The van der Waals surface area contributed by atoms with Gasteiger partial charge in [-0.1, -0.05) is 23.8 Å². The second-order valence-corrected chi connectivity index (χ2v) is 4.84. The van der Waals surface area contributed by atoms with Gasteiger partial charge in [0, 0.05) is 6.54 Å². The number of amides is 1. The maximum absolute atomic E-state index is 12.1. The molecule has 1 aliphatic rings. The van der Waals surface area contributed by atoms with Gasteiger partial charge in [0.2, 0.25) is 0 Å². The van der Waals surface area contributed by atoms with Crippen LogP contribution in [0.15, 0.2) is 35.9 Å². The fraction of sp³-hybridized carbons (Fsp3) is 0.333. The first-order valence-electron chi connectivity index (χ1n) is 6.37. The van der Waals surface area contributed by atoms with Crippen LogP contribution in [0, 0.1) is 6.92 Å². The van der Waals surface area contributed by atoms with E-state index < -0.39 is 12.0 Å². The zero-order chi connectivity index (χ0) is 14.7. The SMILES string of the molecule is CC1=CCN(C(=O)COc2ccc(C)cc2)C1C(=O)O. The number of hydrogen-bond acceptors (Lipinski definition) is 3. The quantitative estimate of drug-likeness (QED) is 0.848. The lowest BCUT2D eigenvalue weighted by molar-refractivity contribution is -0.148. The lowest BCUT2D eigenvalue weighted by Gasteiger charge is -2.23. The molecular formula is C15H17NO4. The Morgan fingerprint density at radius 2 is 1.95 bits per heavy atom. The molecular weight excluding hydrogens is 258 g/mol. The molecule has 1 heterocycles. The fourth-order valence-corrected chi connectivity index (χ4v) is 2.14. The second-order valence-electron chi connectivity index (χ2n) is 4.84. The van der Waals surface area contributed by atoms with Crippen molar-refractivity contribution in [1.82, 2.24) is 4.90 Å². The van der Waals surface area contributed by atoms with Crippen LogP contribution >= 0.6 is 0 Å². The lowest BCUT2D eigenvalue weighted by atomic mass is 10.1. The third-order valence-corrected chi connectivity index (χ3v) is 3.29. The van der Waals surface area contributed by atoms with Crippen LogP contribution in [0.1, 0.15) is 12.5 Å². The summed E-state index contributed by atoms with van der Waals surface area (Å²) in [4.78, 5) is 24.5. The van der Waals surface area contributed by atoms with E-state index in [0.717, 1.165) is 5.56 Å². The molecule has 0 saturated carbocycles. The summed E-state index contributed by atoms with van der Waals surface area (Å²) < 4.78 is 5.39. The van der Waals surface area contributed by atoms with Crippen molar-refractivity contribution in [2.75, 3.05) is 13.2 Å². The van der Waals surface area contributed by atoms with Crippen molar-refractivity contribution >= 4 is 11.9 Å². The van der Waals surface area contributed by atoms with E-state index in [1.54, 1.807) is 25.1 Å². The Balaban J connectivity index is 1.95. The minimum Gasteiger partial charge on any atom is -0.484 e. The minimum absolute atomic E-state index is 0.159. The number of benzene rings is 1. The van der Waals surface area contributed by atoms with Crippen molar-refractivity contribution < 1.29 is 19.4 Å². The molecule has 20 heavy (non-hydrogen) atoms. The standard InChI is InChI=1S/C15H17NO4/c1-10-3-5-12(6-4-10)20-9-13(17)16-8-7-11(2)14(16)15(18)19/h3-7,14H,8-9H2,1-2H3,(H,18,19). The molecule has 106 valence electrons. The summed E-state index contributed by atoms with van der Waals surface area (Å²) in [6.45, 7) is 3.84. The first-order valence-corrected chi connectivity index (χ1v) is 6.37. The van der Waals surface area contributed by atoms with E-state index in [9.17, 15) is 9.59 Å². The van der Waals surface area contributed by atoms with Crippen molar-refractivity contribution in [1.29, 1.82) is 0 Å². The number of aliphatic carboxylic acids is 1. The summed E-state index contributed by atoms with van der Waals surface area (Å²) >= 11 is 0. The number of carbonyl (C=O) groups is 2. The van der Waals surface area contributed by atoms with E-state index in [1.165, 1.54) is 4.90 Å². The molecule has 0 radical (unpaired) electrons. The molecule has 1 aromatic rings. The highest BCUT2D eigenvalue weighted by Crippen LogP contribution is 2.19. The van der Waals surface area contributed by atoms with E-state index in [0.29, 0.717) is 17.9 Å². The third-order valence-electron chi connectivity index (χ3n) is 3.29. The molecule has 5 heteroatoms. The topological polar surface area (TPSA) is 66.8 Å². The van der Waals surface area contributed by atoms with Gasteiger partial charge < -0.3 is 14.7 Å². The highest BCUT2D eigenvalue weighted by atomic mass is 16.5. The van der Waals surface area contributed by atoms with Gasteiger partial charge in [-0.05, 0) is 31.6 Å². The molecule has 0 aromatic heterocycles. The smallest absolute Gasteiger partial charge is 0.330 e. The normalized spacial score (nSPS) is 17.8. The number of aryl methyl sites for hydroxylation is 1. The summed E-state index contributed by atoms with van der Waals surface area (Å²) in [5.41, 5.74) is 1.79. The Hall–Kier alpha value is -2.30. The van der Waals surface area contributed by atoms with Crippen molar-refractivity contribution in [2.24, 2.45) is 0 Å². The van der Waals surface area contributed by atoms with Gasteiger partial charge in [0.15, 0.2) is 12.6 Å². The number of carbonyl (C=O) groups excluding carboxylic acids is 1. The van der Waals surface area contributed by atoms with Crippen molar-refractivity contribution in [3.05, 3.63) is 41.5 Å². The van der Waals surface area contributed by atoms with E-state index >= 15 is 0 Å². The molecule has 5 nitrogen and oxygen atoms in total. The van der Waals surface area contributed by atoms with E-state index in [2.05, 4.69) is 0 Å². The Bertz CT molecular complexity index is 547. The molecule has 1 unspecified atom stereocenters. The maximum atomic E-state index is 12.1. The van der Waals surface area contributed by atoms with Gasteiger partial charge in [0.05, 0.1) is 0 Å². The highest BCUT2D eigenvalue weighted by molar-refractivity contribution is 5.87. The van der Waals surface area contributed by atoms with Crippen LogP contribution in [0.2, 0.25) is 0 Å². The largest absolute Gasteiger partial charge is 0.484 e. The molecule has 1 aliphatic heterocycles. The van der Waals surface area contributed by atoms with Crippen LogP contribution in [0.3, 0.4) is 0 Å². The predicted octanol–water partition coefficient (Wildman–Crippen LogP) is 1.62. The van der Waals surface area contributed by atoms with Crippen LogP contribution in [0.5, 0.6) is 5.75 Å². The van der Waals surface area contributed by atoms with E-state index in [-0.39, 0.29) is 12.5 Å². The van der Waals surface area contributed by atoms with Gasteiger partial charge in [0.25, 0.3) is 5.91 Å². The number of carboxylic acids is 1. The lowest BCUT2D eigenvalue weighted by Crippen LogP contribution is -2.44. The Labute approximate surface area is 117 Å². The second kappa shape index (κ2) is 5.77. The molecule has 2 rings (SSSR count).